The van der Waals surface area contributed by atoms with E-state index in [0.717, 1.165) is 23.9 Å². The maximum absolute atomic E-state index is 11.6. The van der Waals surface area contributed by atoms with Crippen molar-refractivity contribution < 1.29 is 9.21 Å². The molecule has 0 radical (unpaired) electrons. The minimum absolute atomic E-state index is 0.113. The predicted octanol–water partition coefficient (Wildman–Crippen LogP) is 3.25. The number of amides is 1. The smallest absolute Gasteiger partial charge is 0.220 e. The molecule has 2 rings (SSSR count). The van der Waals surface area contributed by atoms with Crippen LogP contribution in [0, 0.1) is 5.92 Å². The average Bonchev–Trinajstić information content (AvgIpc) is 2.90. The van der Waals surface area contributed by atoms with Crippen molar-refractivity contribution in [1.82, 2.24) is 5.32 Å². The van der Waals surface area contributed by atoms with Crippen molar-refractivity contribution in [3.05, 3.63) is 23.7 Å². The van der Waals surface area contributed by atoms with Gasteiger partial charge in [-0.15, -0.1) is 0 Å². The second-order valence-corrected chi connectivity index (χ2v) is 5.50. The normalized spacial score (nSPS) is 23.7. The fraction of sp³-hybridized carbons (Fsp3) is 0.667. The standard InChI is InChI=1S/C15H23NO2/c1-4-11(3)16-15(17)8-6-12-5-7-14(18-12)13-9-10(13)2/h5,7,10-11,13H,4,6,8-9H2,1-3H3,(H,16,17)/t10-,11-,13+/m0/s1. The first-order chi connectivity index (χ1) is 8.60. The first-order valence-corrected chi connectivity index (χ1v) is 6.98. The van der Waals surface area contributed by atoms with Gasteiger partial charge in [0.2, 0.25) is 5.91 Å². The van der Waals surface area contributed by atoms with Gasteiger partial charge in [-0.05, 0) is 37.8 Å². The van der Waals surface area contributed by atoms with Crippen LogP contribution in [-0.4, -0.2) is 11.9 Å². The van der Waals surface area contributed by atoms with Crippen molar-refractivity contribution in [3.63, 3.8) is 0 Å². The Morgan fingerprint density at radius 3 is 2.89 bits per heavy atom. The highest BCUT2D eigenvalue weighted by Gasteiger charge is 2.36. The number of rotatable bonds is 6. The molecule has 1 aliphatic rings. The first kappa shape index (κ1) is 13.2. The zero-order valence-corrected chi connectivity index (χ0v) is 11.5. The molecule has 1 fully saturated rings. The molecule has 0 bridgehead atoms. The third-order valence-corrected chi connectivity index (χ3v) is 3.78. The van der Waals surface area contributed by atoms with E-state index < -0.39 is 0 Å². The van der Waals surface area contributed by atoms with Crippen LogP contribution in [0.3, 0.4) is 0 Å². The van der Waals surface area contributed by atoms with Crippen LogP contribution in [0.5, 0.6) is 0 Å². The summed E-state index contributed by atoms with van der Waals surface area (Å²) in [4.78, 5) is 11.6. The van der Waals surface area contributed by atoms with Crippen LogP contribution in [-0.2, 0) is 11.2 Å². The molecule has 1 saturated carbocycles. The average molecular weight is 249 g/mol. The van der Waals surface area contributed by atoms with Crippen LogP contribution in [0.2, 0.25) is 0 Å². The molecule has 18 heavy (non-hydrogen) atoms. The molecule has 1 aromatic heterocycles. The van der Waals surface area contributed by atoms with Crippen molar-refractivity contribution in [2.45, 2.75) is 58.4 Å². The molecule has 3 atom stereocenters. The van der Waals surface area contributed by atoms with E-state index in [2.05, 4.69) is 25.2 Å². The monoisotopic (exact) mass is 249 g/mol. The van der Waals surface area contributed by atoms with Crippen molar-refractivity contribution in [2.24, 2.45) is 5.92 Å². The summed E-state index contributed by atoms with van der Waals surface area (Å²) in [6.07, 6.45) is 3.42. The van der Waals surface area contributed by atoms with E-state index in [1.807, 2.05) is 13.0 Å². The molecule has 0 unspecified atom stereocenters. The van der Waals surface area contributed by atoms with E-state index in [1.165, 1.54) is 6.42 Å². The van der Waals surface area contributed by atoms with Gasteiger partial charge in [0.15, 0.2) is 0 Å². The lowest BCUT2D eigenvalue weighted by molar-refractivity contribution is -0.121. The van der Waals surface area contributed by atoms with Gasteiger partial charge in [0.25, 0.3) is 0 Å². The second kappa shape index (κ2) is 5.59. The predicted molar refractivity (Wildman–Crippen MR) is 71.4 cm³/mol. The molecule has 1 heterocycles. The van der Waals surface area contributed by atoms with Gasteiger partial charge in [0.1, 0.15) is 11.5 Å². The second-order valence-electron chi connectivity index (χ2n) is 5.50. The summed E-state index contributed by atoms with van der Waals surface area (Å²) in [5.41, 5.74) is 0. The summed E-state index contributed by atoms with van der Waals surface area (Å²) in [6, 6.07) is 4.34. The lowest BCUT2D eigenvalue weighted by Crippen LogP contribution is -2.31. The van der Waals surface area contributed by atoms with Gasteiger partial charge in [0.05, 0.1) is 0 Å². The summed E-state index contributed by atoms with van der Waals surface area (Å²) in [5.74, 6) is 3.52. The highest BCUT2D eigenvalue weighted by molar-refractivity contribution is 5.76. The Hall–Kier alpha value is -1.25. The summed E-state index contributed by atoms with van der Waals surface area (Å²) < 4.78 is 5.78. The highest BCUT2D eigenvalue weighted by Crippen LogP contribution is 2.47. The molecule has 100 valence electrons. The Kier molecular flexibility index (Phi) is 4.10. The quantitative estimate of drug-likeness (QED) is 0.841. The van der Waals surface area contributed by atoms with Crippen molar-refractivity contribution in [1.29, 1.82) is 0 Å². The van der Waals surface area contributed by atoms with Crippen LogP contribution in [0.15, 0.2) is 16.5 Å². The number of hydrogen-bond donors (Lipinski definition) is 1. The van der Waals surface area contributed by atoms with E-state index in [-0.39, 0.29) is 11.9 Å². The van der Waals surface area contributed by atoms with Crippen molar-refractivity contribution in [3.8, 4) is 0 Å². The first-order valence-electron chi connectivity index (χ1n) is 6.98. The lowest BCUT2D eigenvalue weighted by Gasteiger charge is -2.10. The molecule has 0 aliphatic heterocycles. The van der Waals surface area contributed by atoms with Crippen LogP contribution in [0.4, 0.5) is 0 Å². The van der Waals surface area contributed by atoms with Gasteiger partial charge in [-0.3, -0.25) is 4.79 Å². The third kappa shape index (κ3) is 3.37. The lowest BCUT2D eigenvalue weighted by atomic mass is 10.2. The van der Waals surface area contributed by atoms with E-state index in [0.29, 0.717) is 18.8 Å². The summed E-state index contributed by atoms with van der Waals surface area (Å²) in [7, 11) is 0. The maximum atomic E-state index is 11.6. The fourth-order valence-corrected chi connectivity index (χ4v) is 2.13. The zero-order valence-electron chi connectivity index (χ0n) is 11.5. The molecule has 3 nitrogen and oxygen atoms in total. The highest BCUT2D eigenvalue weighted by atomic mass is 16.3. The van der Waals surface area contributed by atoms with Crippen LogP contribution >= 0.6 is 0 Å². The molecular formula is C15H23NO2. The van der Waals surface area contributed by atoms with Gasteiger partial charge in [-0.1, -0.05) is 13.8 Å². The maximum Gasteiger partial charge on any atom is 0.220 e. The number of hydrogen-bond acceptors (Lipinski definition) is 2. The molecule has 0 saturated heterocycles. The molecule has 1 aromatic rings. The van der Waals surface area contributed by atoms with Crippen LogP contribution in [0.25, 0.3) is 0 Å². The minimum Gasteiger partial charge on any atom is -0.466 e. The minimum atomic E-state index is 0.113. The van der Waals surface area contributed by atoms with Crippen molar-refractivity contribution >= 4 is 5.91 Å². The Balaban J connectivity index is 1.76. The number of nitrogens with one attached hydrogen (secondary N) is 1. The van der Waals surface area contributed by atoms with Gasteiger partial charge in [0, 0.05) is 24.8 Å². The molecule has 3 heteroatoms. The summed E-state index contributed by atoms with van der Waals surface area (Å²) >= 11 is 0. The number of carbonyl (C=O) groups excluding carboxylic acids is 1. The van der Waals surface area contributed by atoms with Crippen LogP contribution < -0.4 is 5.32 Å². The molecule has 0 aromatic carbocycles. The molecular weight excluding hydrogens is 226 g/mol. The fourth-order valence-electron chi connectivity index (χ4n) is 2.13. The van der Waals surface area contributed by atoms with Gasteiger partial charge < -0.3 is 9.73 Å². The number of aryl methyl sites for hydroxylation is 1. The van der Waals surface area contributed by atoms with Gasteiger partial charge >= 0.3 is 0 Å². The Labute approximate surface area is 109 Å². The van der Waals surface area contributed by atoms with E-state index in [9.17, 15) is 4.79 Å². The molecule has 1 amide bonds. The van der Waals surface area contributed by atoms with Gasteiger partial charge in [-0.25, -0.2) is 0 Å². The number of furan rings is 1. The number of carbonyl (C=O) groups is 1. The molecule has 1 aliphatic carbocycles. The summed E-state index contributed by atoms with van der Waals surface area (Å²) in [5, 5.41) is 2.97. The molecule has 0 spiro atoms. The Morgan fingerprint density at radius 1 is 1.56 bits per heavy atom. The SMILES string of the molecule is CC[C@H](C)NC(=O)CCc1ccc([C@@H]2C[C@@H]2C)o1. The van der Waals surface area contributed by atoms with Gasteiger partial charge in [-0.2, -0.15) is 0 Å². The molecule has 1 N–H and O–H groups in total. The van der Waals surface area contributed by atoms with Crippen molar-refractivity contribution in [2.75, 3.05) is 0 Å². The van der Waals surface area contributed by atoms with Crippen LogP contribution in [0.1, 0.15) is 57.5 Å². The van der Waals surface area contributed by atoms with E-state index >= 15 is 0 Å². The Bertz CT molecular complexity index is 410. The zero-order chi connectivity index (χ0) is 13.1. The van der Waals surface area contributed by atoms with E-state index in [4.69, 9.17) is 4.42 Å². The van der Waals surface area contributed by atoms with E-state index in [1.54, 1.807) is 0 Å². The summed E-state index contributed by atoms with van der Waals surface area (Å²) in [6.45, 7) is 6.34. The third-order valence-electron chi connectivity index (χ3n) is 3.78. The largest absolute Gasteiger partial charge is 0.466 e. The topological polar surface area (TPSA) is 42.2 Å². The Morgan fingerprint density at radius 2 is 2.28 bits per heavy atom.